The zero-order chi connectivity index (χ0) is 13.9. The summed E-state index contributed by atoms with van der Waals surface area (Å²) in [6.07, 6.45) is 5.60. The van der Waals surface area contributed by atoms with Gasteiger partial charge in [-0.25, -0.2) is 9.78 Å². The van der Waals surface area contributed by atoms with Crippen LogP contribution in [0.3, 0.4) is 0 Å². The Morgan fingerprint density at radius 2 is 2.11 bits per heavy atom. The molecular formula is C13H18N2O2S2. The summed E-state index contributed by atoms with van der Waals surface area (Å²) in [5.41, 5.74) is -0.471. The number of carbonyl (C=O) groups is 1. The average Bonchev–Trinajstić information content (AvgIpc) is 2.95. The highest BCUT2D eigenvalue weighted by molar-refractivity contribution is 8.23. The molecule has 4 nitrogen and oxygen atoms in total. The standard InChI is InChI=1S/C13H18N2O2S2/c1-13(2,3)17-12(16)15-8-10-14-9-11(18-10)19-6-4-5-7-19/h4-7,9,19H,8H2,1-3H3,(H,15,16). The maximum absolute atomic E-state index is 11.5. The molecule has 19 heavy (non-hydrogen) atoms. The Bertz CT molecular complexity index is 503. The van der Waals surface area contributed by atoms with Crippen molar-refractivity contribution in [3.05, 3.63) is 34.2 Å². The van der Waals surface area contributed by atoms with Crippen LogP contribution in [-0.2, 0) is 11.3 Å². The second-order valence-electron chi connectivity index (χ2n) is 5.04. The van der Waals surface area contributed by atoms with Gasteiger partial charge in [-0.15, -0.1) is 11.3 Å². The summed E-state index contributed by atoms with van der Waals surface area (Å²) < 4.78 is 6.43. The minimum atomic E-state index is -0.471. The largest absolute Gasteiger partial charge is 0.444 e. The Morgan fingerprint density at radius 3 is 2.74 bits per heavy atom. The molecule has 0 fully saturated rings. The summed E-state index contributed by atoms with van der Waals surface area (Å²) in [5.74, 6) is 0. The van der Waals surface area contributed by atoms with Gasteiger partial charge in [0.15, 0.2) is 0 Å². The van der Waals surface area contributed by atoms with E-state index in [0.29, 0.717) is 6.54 Å². The molecule has 2 heterocycles. The van der Waals surface area contributed by atoms with E-state index >= 15 is 0 Å². The minimum absolute atomic E-state index is 0.317. The highest BCUT2D eigenvalue weighted by atomic mass is 32.2. The molecule has 0 spiro atoms. The molecule has 6 heteroatoms. The van der Waals surface area contributed by atoms with Gasteiger partial charge in [-0.3, -0.25) is 0 Å². The molecule has 0 unspecified atom stereocenters. The number of ether oxygens (including phenoxy) is 1. The van der Waals surface area contributed by atoms with Gasteiger partial charge in [-0.1, -0.05) is 12.2 Å². The predicted molar refractivity (Wildman–Crippen MR) is 80.7 cm³/mol. The Hall–Kier alpha value is -1.27. The summed E-state index contributed by atoms with van der Waals surface area (Å²) in [6.45, 7) is 5.94. The topological polar surface area (TPSA) is 51.2 Å². The van der Waals surface area contributed by atoms with Crippen LogP contribution in [-0.4, -0.2) is 16.7 Å². The summed E-state index contributed by atoms with van der Waals surface area (Å²) in [6, 6.07) is 0. The Balaban J connectivity index is 1.85. The third-order valence-electron chi connectivity index (χ3n) is 2.18. The lowest BCUT2D eigenvalue weighted by Crippen LogP contribution is -2.32. The summed E-state index contributed by atoms with van der Waals surface area (Å²) in [4.78, 5) is 15.8. The molecule has 0 bridgehead atoms. The van der Waals surface area contributed by atoms with Crippen molar-refractivity contribution >= 4 is 28.3 Å². The molecule has 0 aromatic carbocycles. The number of hydrogen-bond donors (Lipinski definition) is 2. The van der Waals surface area contributed by atoms with Crippen LogP contribution in [0.4, 0.5) is 4.79 Å². The van der Waals surface area contributed by atoms with E-state index in [4.69, 9.17) is 4.74 Å². The van der Waals surface area contributed by atoms with E-state index < -0.39 is 11.7 Å². The molecule has 0 saturated carbocycles. The Labute approximate surface area is 119 Å². The van der Waals surface area contributed by atoms with E-state index in [9.17, 15) is 4.79 Å². The van der Waals surface area contributed by atoms with E-state index in [0.717, 1.165) is 5.01 Å². The number of rotatable bonds is 3. The van der Waals surface area contributed by atoms with Crippen molar-refractivity contribution in [3.8, 4) is 0 Å². The fourth-order valence-electron chi connectivity index (χ4n) is 1.45. The van der Waals surface area contributed by atoms with Crippen molar-refractivity contribution in [2.45, 2.75) is 37.1 Å². The number of nitrogens with zero attached hydrogens (tertiary/aromatic N) is 1. The van der Waals surface area contributed by atoms with Gasteiger partial charge in [-0.05, 0) is 31.6 Å². The Morgan fingerprint density at radius 1 is 1.42 bits per heavy atom. The van der Waals surface area contributed by atoms with Crippen LogP contribution in [0, 0.1) is 0 Å². The fraction of sp³-hybridized carbons (Fsp3) is 0.385. The van der Waals surface area contributed by atoms with Crippen LogP contribution in [0.1, 0.15) is 25.8 Å². The number of amides is 1. The number of aromatic nitrogens is 1. The minimum Gasteiger partial charge on any atom is -0.444 e. The number of thiazole rings is 1. The summed E-state index contributed by atoms with van der Waals surface area (Å²) in [5, 5.41) is 7.99. The number of hydrogen-bond acceptors (Lipinski definition) is 4. The molecule has 1 aliphatic rings. The van der Waals surface area contributed by atoms with Crippen LogP contribution < -0.4 is 5.32 Å². The average molecular weight is 298 g/mol. The summed E-state index contributed by atoms with van der Waals surface area (Å²) >= 11 is 1.64. The zero-order valence-electron chi connectivity index (χ0n) is 11.2. The molecule has 1 aromatic heterocycles. The normalized spacial score (nSPS) is 15.8. The molecule has 0 saturated heterocycles. The van der Waals surface area contributed by atoms with Gasteiger partial charge < -0.3 is 10.1 Å². The molecule has 104 valence electrons. The number of thiol groups is 1. The molecule has 0 radical (unpaired) electrons. The van der Waals surface area contributed by atoms with Gasteiger partial charge in [0.05, 0.1) is 17.0 Å². The predicted octanol–water partition coefficient (Wildman–Crippen LogP) is 3.57. The number of alkyl carbamates (subject to hydrolysis) is 1. The quantitative estimate of drug-likeness (QED) is 0.839. The lowest BCUT2D eigenvalue weighted by atomic mass is 10.2. The van der Waals surface area contributed by atoms with Gasteiger partial charge in [0.25, 0.3) is 0 Å². The maximum Gasteiger partial charge on any atom is 0.408 e. The van der Waals surface area contributed by atoms with Crippen molar-refractivity contribution < 1.29 is 9.53 Å². The van der Waals surface area contributed by atoms with Crippen LogP contribution in [0.15, 0.2) is 33.4 Å². The van der Waals surface area contributed by atoms with Crippen LogP contribution >= 0.6 is 22.2 Å². The monoisotopic (exact) mass is 298 g/mol. The highest BCUT2D eigenvalue weighted by Crippen LogP contribution is 2.44. The fourth-order valence-corrected chi connectivity index (χ4v) is 4.30. The number of nitrogens with one attached hydrogen (secondary N) is 1. The van der Waals surface area contributed by atoms with E-state index in [1.54, 1.807) is 11.3 Å². The molecule has 1 N–H and O–H groups in total. The Kier molecular flexibility index (Phi) is 4.31. The second kappa shape index (κ2) is 5.79. The maximum atomic E-state index is 11.5. The number of allylic oxidation sites excluding steroid dienone is 2. The molecule has 1 amide bonds. The molecular weight excluding hydrogens is 280 g/mol. The van der Waals surface area contributed by atoms with Crippen LogP contribution in [0.2, 0.25) is 0 Å². The van der Waals surface area contributed by atoms with Gasteiger partial charge in [0.2, 0.25) is 0 Å². The lowest BCUT2D eigenvalue weighted by molar-refractivity contribution is 0.0523. The first-order chi connectivity index (χ1) is 8.94. The van der Waals surface area contributed by atoms with Crippen LogP contribution in [0.5, 0.6) is 0 Å². The molecule has 1 aliphatic heterocycles. The lowest BCUT2D eigenvalue weighted by Gasteiger charge is -2.19. The van der Waals surface area contributed by atoms with E-state index in [2.05, 4.69) is 33.3 Å². The molecule has 0 aliphatic carbocycles. The van der Waals surface area contributed by atoms with E-state index in [1.165, 1.54) is 4.21 Å². The van der Waals surface area contributed by atoms with Gasteiger partial charge in [0, 0.05) is 0 Å². The van der Waals surface area contributed by atoms with Crippen molar-refractivity contribution in [1.82, 2.24) is 10.3 Å². The van der Waals surface area contributed by atoms with E-state index in [1.807, 2.05) is 27.0 Å². The van der Waals surface area contributed by atoms with Gasteiger partial charge in [-0.2, -0.15) is 10.9 Å². The van der Waals surface area contributed by atoms with Crippen LogP contribution in [0.25, 0.3) is 0 Å². The van der Waals surface area contributed by atoms with E-state index in [-0.39, 0.29) is 10.9 Å². The first-order valence-electron chi connectivity index (χ1n) is 5.99. The van der Waals surface area contributed by atoms with Crippen molar-refractivity contribution in [2.24, 2.45) is 0 Å². The summed E-state index contributed by atoms with van der Waals surface area (Å²) in [7, 11) is -0.317. The smallest absolute Gasteiger partial charge is 0.408 e. The highest BCUT2D eigenvalue weighted by Gasteiger charge is 2.16. The second-order valence-corrected chi connectivity index (χ2v) is 8.35. The van der Waals surface area contributed by atoms with Crippen molar-refractivity contribution in [2.75, 3.05) is 0 Å². The first kappa shape index (κ1) is 14.1. The van der Waals surface area contributed by atoms with Crippen molar-refractivity contribution in [3.63, 3.8) is 0 Å². The SMILES string of the molecule is CC(C)(C)OC(=O)NCc1ncc([SH]2C=CC=C2)s1. The van der Waals surface area contributed by atoms with Gasteiger partial charge in [0.1, 0.15) is 10.6 Å². The number of carbonyl (C=O) groups excluding carboxylic acids is 1. The molecule has 2 rings (SSSR count). The van der Waals surface area contributed by atoms with Crippen molar-refractivity contribution in [1.29, 1.82) is 0 Å². The zero-order valence-corrected chi connectivity index (χ0v) is 12.9. The molecule has 1 aromatic rings. The third kappa shape index (κ3) is 4.40. The molecule has 0 atom stereocenters. The first-order valence-corrected chi connectivity index (χ1v) is 8.28. The third-order valence-corrected chi connectivity index (χ3v) is 5.50. The van der Waals surface area contributed by atoms with Gasteiger partial charge >= 0.3 is 6.09 Å².